The minimum atomic E-state index is -0.294. The number of rotatable bonds is 3. The highest BCUT2D eigenvalue weighted by molar-refractivity contribution is 5.91. The molecule has 0 radical (unpaired) electrons. The predicted octanol–water partition coefficient (Wildman–Crippen LogP) is 2.24. The van der Waals surface area contributed by atoms with Gasteiger partial charge in [0.2, 0.25) is 0 Å². The first kappa shape index (κ1) is 12.1. The minimum absolute atomic E-state index is 0.183. The first-order valence-electron chi connectivity index (χ1n) is 5.89. The van der Waals surface area contributed by atoms with Crippen LogP contribution < -0.4 is 5.73 Å². The summed E-state index contributed by atoms with van der Waals surface area (Å²) in [5.74, 6) is -0.294. The summed E-state index contributed by atoms with van der Waals surface area (Å²) >= 11 is 0. The van der Waals surface area contributed by atoms with Gasteiger partial charge in [-0.1, -0.05) is 32.0 Å². The second-order valence-corrected chi connectivity index (χ2v) is 5.32. The van der Waals surface area contributed by atoms with Gasteiger partial charge in [-0.3, -0.25) is 0 Å². The smallest absolute Gasteiger partial charge is 0.338 e. The molecule has 1 aliphatic carbocycles. The van der Waals surface area contributed by atoms with Crippen molar-refractivity contribution in [3.63, 3.8) is 0 Å². The van der Waals surface area contributed by atoms with E-state index in [1.807, 2.05) is 18.2 Å². The third-order valence-corrected chi connectivity index (χ3v) is 4.04. The molecule has 2 N–H and O–H groups in total. The summed E-state index contributed by atoms with van der Waals surface area (Å²) in [6.45, 7) is 4.20. The maximum Gasteiger partial charge on any atom is 0.338 e. The number of carbonyl (C=O) groups excluding carboxylic acids is 1. The van der Waals surface area contributed by atoms with Crippen LogP contribution in [0.1, 0.15) is 42.6 Å². The first-order valence-corrected chi connectivity index (χ1v) is 5.89. The molecule has 0 amide bonds. The molecule has 0 spiro atoms. The molecule has 1 saturated carbocycles. The van der Waals surface area contributed by atoms with Gasteiger partial charge in [-0.2, -0.15) is 0 Å². The van der Waals surface area contributed by atoms with Gasteiger partial charge in [0.25, 0.3) is 0 Å². The van der Waals surface area contributed by atoms with Gasteiger partial charge in [0.1, 0.15) is 0 Å². The van der Waals surface area contributed by atoms with Crippen LogP contribution in [-0.4, -0.2) is 18.6 Å². The summed E-state index contributed by atoms with van der Waals surface area (Å²) in [5, 5.41) is 0. The van der Waals surface area contributed by atoms with Crippen molar-refractivity contribution in [2.45, 2.75) is 37.6 Å². The molecule has 1 aromatic rings. The zero-order valence-corrected chi connectivity index (χ0v) is 10.6. The number of benzene rings is 1. The standard InChI is InChI=1S/C14H19NO2/c1-13(2,14(15)8-9-14)11-7-5-4-6-10(11)12(16)17-3/h4-7H,8-9,15H2,1-3H3. The molecule has 17 heavy (non-hydrogen) atoms. The molecule has 0 aliphatic heterocycles. The van der Waals surface area contributed by atoms with Crippen LogP contribution >= 0.6 is 0 Å². The Kier molecular flexibility index (Phi) is 2.74. The molecule has 0 bridgehead atoms. The van der Waals surface area contributed by atoms with Gasteiger partial charge < -0.3 is 10.5 Å². The summed E-state index contributed by atoms with van der Waals surface area (Å²) in [6.07, 6.45) is 2.02. The molecular formula is C14H19NO2. The Morgan fingerprint density at radius 3 is 2.47 bits per heavy atom. The lowest BCUT2D eigenvalue weighted by molar-refractivity contribution is 0.0597. The molecule has 3 nitrogen and oxygen atoms in total. The summed E-state index contributed by atoms with van der Waals surface area (Å²) in [7, 11) is 1.40. The molecule has 1 aliphatic rings. The van der Waals surface area contributed by atoms with E-state index in [9.17, 15) is 4.79 Å². The quantitative estimate of drug-likeness (QED) is 0.815. The summed E-state index contributed by atoms with van der Waals surface area (Å²) in [4.78, 5) is 11.8. The van der Waals surface area contributed by atoms with Crippen molar-refractivity contribution in [1.29, 1.82) is 0 Å². The van der Waals surface area contributed by atoms with E-state index in [2.05, 4.69) is 13.8 Å². The van der Waals surface area contributed by atoms with E-state index in [0.717, 1.165) is 18.4 Å². The van der Waals surface area contributed by atoms with Crippen LogP contribution in [0.15, 0.2) is 24.3 Å². The van der Waals surface area contributed by atoms with Crippen molar-refractivity contribution < 1.29 is 9.53 Å². The third-order valence-electron chi connectivity index (χ3n) is 4.04. The zero-order chi connectivity index (χ0) is 12.7. The number of carbonyl (C=O) groups is 1. The summed E-state index contributed by atoms with van der Waals surface area (Å²) in [6, 6.07) is 7.56. The van der Waals surface area contributed by atoms with Crippen molar-refractivity contribution in [3.8, 4) is 0 Å². The summed E-state index contributed by atoms with van der Waals surface area (Å²) < 4.78 is 4.83. The topological polar surface area (TPSA) is 52.3 Å². The van der Waals surface area contributed by atoms with Crippen LogP contribution in [0.3, 0.4) is 0 Å². The van der Waals surface area contributed by atoms with Gasteiger partial charge in [-0.05, 0) is 24.5 Å². The molecule has 0 aromatic heterocycles. The number of hydrogen-bond donors (Lipinski definition) is 1. The number of hydrogen-bond acceptors (Lipinski definition) is 3. The predicted molar refractivity (Wildman–Crippen MR) is 67.0 cm³/mol. The SMILES string of the molecule is COC(=O)c1ccccc1C(C)(C)C1(N)CC1. The average Bonchev–Trinajstić information content (AvgIpc) is 3.08. The van der Waals surface area contributed by atoms with E-state index in [1.165, 1.54) is 7.11 Å². The lowest BCUT2D eigenvalue weighted by atomic mass is 9.74. The van der Waals surface area contributed by atoms with E-state index in [0.29, 0.717) is 5.56 Å². The van der Waals surface area contributed by atoms with Crippen LogP contribution in [-0.2, 0) is 10.2 Å². The first-order chi connectivity index (χ1) is 7.92. The highest BCUT2D eigenvalue weighted by Gasteiger charge is 2.52. The van der Waals surface area contributed by atoms with Gasteiger partial charge in [0, 0.05) is 11.0 Å². The van der Waals surface area contributed by atoms with E-state index < -0.39 is 0 Å². The highest BCUT2D eigenvalue weighted by atomic mass is 16.5. The zero-order valence-electron chi connectivity index (χ0n) is 10.6. The fraction of sp³-hybridized carbons (Fsp3) is 0.500. The Balaban J connectivity index is 2.48. The molecule has 92 valence electrons. The van der Waals surface area contributed by atoms with Crippen molar-refractivity contribution in [2.75, 3.05) is 7.11 Å². The maximum absolute atomic E-state index is 11.8. The monoisotopic (exact) mass is 233 g/mol. The number of nitrogens with two attached hydrogens (primary N) is 1. The van der Waals surface area contributed by atoms with E-state index in [4.69, 9.17) is 10.5 Å². The average molecular weight is 233 g/mol. The highest BCUT2D eigenvalue weighted by Crippen LogP contribution is 2.49. The Hall–Kier alpha value is -1.35. The van der Waals surface area contributed by atoms with Crippen molar-refractivity contribution in [1.82, 2.24) is 0 Å². The van der Waals surface area contributed by atoms with Crippen LogP contribution in [0.25, 0.3) is 0 Å². The second-order valence-electron chi connectivity index (χ2n) is 5.32. The van der Waals surface area contributed by atoms with Gasteiger partial charge in [-0.25, -0.2) is 4.79 Å². The van der Waals surface area contributed by atoms with E-state index >= 15 is 0 Å². The summed E-state index contributed by atoms with van der Waals surface area (Å²) in [5.41, 5.74) is 7.52. The van der Waals surface area contributed by atoms with Crippen LogP contribution in [0, 0.1) is 0 Å². The van der Waals surface area contributed by atoms with Gasteiger partial charge in [0.05, 0.1) is 12.7 Å². The molecule has 3 heteroatoms. The largest absolute Gasteiger partial charge is 0.465 e. The fourth-order valence-electron chi connectivity index (χ4n) is 2.34. The van der Waals surface area contributed by atoms with Crippen LogP contribution in [0.2, 0.25) is 0 Å². The molecule has 0 atom stereocenters. The van der Waals surface area contributed by atoms with E-state index in [-0.39, 0.29) is 16.9 Å². The Morgan fingerprint density at radius 2 is 1.94 bits per heavy atom. The second kappa shape index (κ2) is 3.84. The van der Waals surface area contributed by atoms with Crippen LogP contribution in [0.5, 0.6) is 0 Å². The lowest BCUT2D eigenvalue weighted by Crippen LogP contribution is -2.44. The third kappa shape index (κ3) is 1.84. The minimum Gasteiger partial charge on any atom is -0.465 e. The number of esters is 1. The van der Waals surface area contributed by atoms with E-state index in [1.54, 1.807) is 6.07 Å². The molecule has 0 heterocycles. The lowest BCUT2D eigenvalue weighted by Gasteiger charge is -2.33. The van der Waals surface area contributed by atoms with Gasteiger partial charge in [0.15, 0.2) is 0 Å². The molecule has 0 unspecified atom stereocenters. The normalized spacial score (nSPS) is 17.6. The Labute approximate surface area is 102 Å². The van der Waals surface area contributed by atoms with Crippen molar-refractivity contribution >= 4 is 5.97 Å². The van der Waals surface area contributed by atoms with Gasteiger partial charge in [-0.15, -0.1) is 0 Å². The van der Waals surface area contributed by atoms with Crippen molar-refractivity contribution in [2.24, 2.45) is 5.73 Å². The molecule has 1 fully saturated rings. The molecule has 2 rings (SSSR count). The number of methoxy groups -OCH3 is 1. The number of ether oxygens (including phenoxy) is 1. The van der Waals surface area contributed by atoms with Crippen LogP contribution in [0.4, 0.5) is 0 Å². The van der Waals surface area contributed by atoms with Crippen molar-refractivity contribution in [3.05, 3.63) is 35.4 Å². The van der Waals surface area contributed by atoms with Gasteiger partial charge >= 0.3 is 5.97 Å². The fourth-order valence-corrected chi connectivity index (χ4v) is 2.34. The Bertz CT molecular complexity index is 447. The molecular weight excluding hydrogens is 214 g/mol. The molecule has 1 aromatic carbocycles. The maximum atomic E-state index is 11.8. The molecule has 0 saturated heterocycles. The Morgan fingerprint density at radius 1 is 1.35 bits per heavy atom.